The van der Waals surface area contributed by atoms with E-state index in [0.29, 0.717) is 4.88 Å². The first-order chi connectivity index (χ1) is 9.08. The number of halogens is 1. The molecule has 1 unspecified atom stereocenters. The van der Waals surface area contributed by atoms with Crippen molar-refractivity contribution in [2.75, 3.05) is 0 Å². The van der Waals surface area contributed by atoms with Gasteiger partial charge in [0, 0.05) is 4.88 Å². The van der Waals surface area contributed by atoms with Crippen molar-refractivity contribution in [2.24, 2.45) is 0 Å². The van der Waals surface area contributed by atoms with Crippen molar-refractivity contribution in [3.05, 3.63) is 45.6 Å². The second-order valence-electron chi connectivity index (χ2n) is 3.49. The summed E-state index contributed by atoms with van der Waals surface area (Å²) in [7, 11) is 0. The third-order valence-electron chi connectivity index (χ3n) is 2.19. The van der Waals surface area contributed by atoms with Gasteiger partial charge in [0.15, 0.2) is 6.04 Å². The number of hydrogen-bond acceptors (Lipinski definition) is 5. The van der Waals surface area contributed by atoms with E-state index >= 15 is 0 Å². The Labute approximate surface area is 117 Å². The average molecular weight is 298 g/mol. The molecule has 0 aliphatic rings. The highest BCUT2D eigenvalue weighted by atomic mass is 35.5. The molecule has 6 nitrogen and oxygen atoms in total. The standard InChI is InChI=1S/C11H8ClN3O3S/c12-8-5-13-4-6(14-8)10(16)15-9(11(17)18)7-2-1-3-19-7/h1-5,9H,(H,15,16)(H,17,18). The van der Waals surface area contributed by atoms with E-state index in [-0.39, 0.29) is 10.8 Å². The van der Waals surface area contributed by atoms with E-state index < -0.39 is 17.9 Å². The van der Waals surface area contributed by atoms with Gasteiger partial charge in [-0.2, -0.15) is 0 Å². The highest BCUT2D eigenvalue weighted by Crippen LogP contribution is 2.19. The Morgan fingerprint density at radius 3 is 2.79 bits per heavy atom. The molecule has 2 aromatic rings. The minimum Gasteiger partial charge on any atom is -0.479 e. The molecule has 19 heavy (non-hydrogen) atoms. The quantitative estimate of drug-likeness (QED) is 0.897. The van der Waals surface area contributed by atoms with Gasteiger partial charge in [0.2, 0.25) is 0 Å². The van der Waals surface area contributed by atoms with Crippen LogP contribution in [0, 0.1) is 0 Å². The SMILES string of the molecule is O=C(NC(C(=O)O)c1cccs1)c1cncc(Cl)n1. The molecule has 2 N–H and O–H groups in total. The number of carbonyl (C=O) groups is 2. The highest BCUT2D eigenvalue weighted by molar-refractivity contribution is 7.10. The number of aliphatic carboxylic acids is 1. The molecule has 2 aromatic heterocycles. The lowest BCUT2D eigenvalue weighted by molar-refractivity contribution is -0.139. The summed E-state index contributed by atoms with van der Waals surface area (Å²) < 4.78 is 0. The van der Waals surface area contributed by atoms with E-state index in [1.165, 1.54) is 23.7 Å². The first-order valence-corrected chi connectivity index (χ1v) is 6.38. The molecule has 0 aliphatic carbocycles. The van der Waals surface area contributed by atoms with Crippen LogP contribution in [0.2, 0.25) is 5.15 Å². The average Bonchev–Trinajstić information content (AvgIpc) is 2.88. The van der Waals surface area contributed by atoms with Gasteiger partial charge in [0.25, 0.3) is 5.91 Å². The highest BCUT2D eigenvalue weighted by Gasteiger charge is 2.24. The Morgan fingerprint density at radius 2 is 2.21 bits per heavy atom. The lowest BCUT2D eigenvalue weighted by Gasteiger charge is -2.12. The van der Waals surface area contributed by atoms with E-state index in [2.05, 4.69) is 15.3 Å². The summed E-state index contributed by atoms with van der Waals surface area (Å²) in [6, 6.07) is 2.22. The molecule has 98 valence electrons. The molecule has 0 fully saturated rings. The van der Waals surface area contributed by atoms with Crippen LogP contribution in [-0.4, -0.2) is 27.0 Å². The predicted molar refractivity (Wildman–Crippen MR) is 69.2 cm³/mol. The number of nitrogens with zero attached hydrogens (tertiary/aromatic N) is 2. The Kier molecular flexibility index (Phi) is 4.08. The molecule has 0 saturated carbocycles. The fraction of sp³-hybridized carbons (Fsp3) is 0.0909. The zero-order chi connectivity index (χ0) is 13.8. The van der Waals surface area contributed by atoms with Crippen molar-refractivity contribution < 1.29 is 14.7 Å². The molecule has 1 amide bonds. The molecule has 0 spiro atoms. The number of carboxylic acids is 1. The summed E-state index contributed by atoms with van der Waals surface area (Å²) in [6.07, 6.45) is 2.50. The molecular formula is C11H8ClN3O3S. The molecule has 2 heterocycles. The number of thiophene rings is 1. The number of aromatic nitrogens is 2. The first-order valence-electron chi connectivity index (χ1n) is 5.12. The minimum absolute atomic E-state index is 0.0321. The van der Waals surface area contributed by atoms with E-state index in [0.717, 1.165) is 0 Å². The maximum Gasteiger partial charge on any atom is 0.331 e. The number of amides is 1. The zero-order valence-electron chi connectivity index (χ0n) is 9.41. The third-order valence-corrected chi connectivity index (χ3v) is 3.31. The molecule has 0 radical (unpaired) electrons. The predicted octanol–water partition coefficient (Wildman–Crippen LogP) is 1.75. The molecular weight excluding hydrogens is 290 g/mol. The van der Waals surface area contributed by atoms with Crippen molar-refractivity contribution >= 4 is 34.8 Å². The number of carboxylic acid groups (broad SMARTS) is 1. The molecule has 0 aromatic carbocycles. The first kappa shape index (κ1) is 13.4. The van der Waals surface area contributed by atoms with E-state index in [4.69, 9.17) is 16.7 Å². The Hall–Kier alpha value is -1.99. The zero-order valence-corrected chi connectivity index (χ0v) is 11.0. The lowest BCUT2D eigenvalue weighted by Crippen LogP contribution is -2.33. The molecule has 1 atom stereocenters. The summed E-state index contributed by atoms with van der Waals surface area (Å²) in [5.74, 6) is -1.79. The number of rotatable bonds is 4. The number of hydrogen-bond donors (Lipinski definition) is 2. The van der Waals surface area contributed by atoms with Crippen molar-refractivity contribution in [1.29, 1.82) is 0 Å². The van der Waals surface area contributed by atoms with Gasteiger partial charge in [-0.1, -0.05) is 17.7 Å². The summed E-state index contributed by atoms with van der Waals surface area (Å²) in [5.41, 5.74) is -0.0321. The van der Waals surface area contributed by atoms with Crippen LogP contribution in [0.4, 0.5) is 0 Å². The number of nitrogens with one attached hydrogen (secondary N) is 1. The van der Waals surface area contributed by atoms with Crippen molar-refractivity contribution in [3.63, 3.8) is 0 Å². The molecule has 2 rings (SSSR count). The Morgan fingerprint density at radius 1 is 1.42 bits per heavy atom. The van der Waals surface area contributed by atoms with Crippen LogP contribution in [0.25, 0.3) is 0 Å². The summed E-state index contributed by atoms with van der Waals surface area (Å²) in [4.78, 5) is 31.0. The maximum absolute atomic E-state index is 11.9. The fourth-order valence-corrected chi connectivity index (χ4v) is 2.28. The van der Waals surface area contributed by atoms with E-state index in [1.807, 2.05) is 0 Å². The van der Waals surface area contributed by atoms with Gasteiger partial charge in [-0.15, -0.1) is 11.3 Å². The third kappa shape index (κ3) is 3.27. The summed E-state index contributed by atoms with van der Waals surface area (Å²) >= 11 is 6.86. The molecule has 0 bridgehead atoms. The molecule has 8 heteroatoms. The van der Waals surface area contributed by atoms with Crippen molar-refractivity contribution in [2.45, 2.75) is 6.04 Å². The van der Waals surface area contributed by atoms with E-state index in [9.17, 15) is 9.59 Å². The van der Waals surface area contributed by atoms with Gasteiger partial charge in [-0.3, -0.25) is 9.78 Å². The van der Waals surface area contributed by atoms with Crippen LogP contribution < -0.4 is 5.32 Å². The van der Waals surface area contributed by atoms with Crippen molar-refractivity contribution in [3.8, 4) is 0 Å². The second-order valence-corrected chi connectivity index (χ2v) is 4.85. The van der Waals surface area contributed by atoms with Gasteiger partial charge in [0.05, 0.1) is 12.4 Å². The van der Waals surface area contributed by atoms with Crippen LogP contribution in [0.5, 0.6) is 0 Å². The van der Waals surface area contributed by atoms with Crippen LogP contribution >= 0.6 is 22.9 Å². The second kappa shape index (κ2) is 5.77. The normalized spacial score (nSPS) is 11.8. The smallest absolute Gasteiger partial charge is 0.331 e. The molecule has 0 saturated heterocycles. The minimum atomic E-state index is -1.15. The maximum atomic E-state index is 11.9. The van der Waals surface area contributed by atoms with Gasteiger partial charge in [-0.25, -0.2) is 9.78 Å². The van der Waals surface area contributed by atoms with Crippen molar-refractivity contribution in [1.82, 2.24) is 15.3 Å². The number of carbonyl (C=O) groups excluding carboxylic acids is 1. The largest absolute Gasteiger partial charge is 0.479 e. The fourth-order valence-electron chi connectivity index (χ4n) is 1.37. The summed E-state index contributed by atoms with van der Waals surface area (Å²) in [5, 5.41) is 13.3. The van der Waals surface area contributed by atoms with Crippen LogP contribution in [0.3, 0.4) is 0 Å². The van der Waals surface area contributed by atoms with Gasteiger partial charge < -0.3 is 10.4 Å². The van der Waals surface area contributed by atoms with Gasteiger partial charge in [-0.05, 0) is 11.4 Å². The lowest BCUT2D eigenvalue weighted by atomic mass is 10.2. The Balaban J connectivity index is 2.19. The summed E-state index contributed by atoms with van der Waals surface area (Å²) in [6.45, 7) is 0. The topological polar surface area (TPSA) is 92.2 Å². The van der Waals surface area contributed by atoms with Crippen LogP contribution in [-0.2, 0) is 4.79 Å². The van der Waals surface area contributed by atoms with Crippen LogP contribution in [0.1, 0.15) is 21.4 Å². The van der Waals surface area contributed by atoms with Gasteiger partial charge >= 0.3 is 5.97 Å². The van der Waals surface area contributed by atoms with Crippen LogP contribution in [0.15, 0.2) is 29.9 Å². The molecule has 0 aliphatic heterocycles. The van der Waals surface area contributed by atoms with Gasteiger partial charge in [0.1, 0.15) is 10.8 Å². The Bertz CT molecular complexity index is 603. The monoisotopic (exact) mass is 297 g/mol. The van der Waals surface area contributed by atoms with E-state index in [1.54, 1.807) is 17.5 Å².